The molecule has 3 heteroatoms. The second-order valence-corrected chi connectivity index (χ2v) is 4.73. The van der Waals surface area contributed by atoms with Gasteiger partial charge in [-0.05, 0) is 18.7 Å². The molecule has 0 aromatic carbocycles. The fraction of sp³-hybridized carbons (Fsp3) is 0.538. The van der Waals surface area contributed by atoms with Gasteiger partial charge in [0.1, 0.15) is 6.29 Å². The molecule has 0 aliphatic heterocycles. The first-order valence-corrected chi connectivity index (χ1v) is 5.66. The van der Waals surface area contributed by atoms with E-state index in [-0.39, 0.29) is 5.41 Å². The van der Waals surface area contributed by atoms with Crippen LogP contribution in [-0.2, 0) is 11.3 Å². The predicted octanol–water partition coefficient (Wildman–Crippen LogP) is 2.13. The Hall–Kier alpha value is -1.22. The van der Waals surface area contributed by atoms with Crippen LogP contribution in [0.15, 0.2) is 24.4 Å². The maximum atomic E-state index is 10.9. The van der Waals surface area contributed by atoms with E-state index in [1.165, 1.54) is 0 Å². The molecule has 0 aliphatic carbocycles. The summed E-state index contributed by atoms with van der Waals surface area (Å²) in [5, 5.41) is 0. The first-order chi connectivity index (χ1) is 7.57. The zero-order valence-corrected chi connectivity index (χ0v) is 10.3. The minimum absolute atomic E-state index is 0.287. The molecule has 1 heterocycles. The molecule has 0 atom stereocenters. The van der Waals surface area contributed by atoms with Crippen molar-refractivity contribution in [3.8, 4) is 0 Å². The lowest BCUT2D eigenvalue weighted by molar-refractivity contribution is -0.115. The van der Waals surface area contributed by atoms with Crippen LogP contribution in [0.25, 0.3) is 0 Å². The Morgan fingerprint density at radius 1 is 1.44 bits per heavy atom. The van der Waals surface area contributed by atoms with Crippen molar-refractivity contribution in [2.24, 2.45) is 5.41 Å². The number of carbonyl (C=O) groups is 1. The van der Waals surface area contributed by atoms with Crippen molar-refractivity contribution < 1.29 is 4.79 Å². The van der Waals surface area contributed by atoms with Crippen LogP contribution in [0.2, 0.25) is 0 Å². The molecule has 0 fully saturated rings. The van der Waals surface area contributed by atoms with Gasteiger partial charge in [0, 0.05) is 24.7 Å². The molecule has 0 N–H and O–H groups in total. The van der Waals surface area contributed by atoms with E-state index in [0.29, 0.717) is 0 Å². The van der Waals surface area contributed by atoms with E-state index in [2.05, 4.69) is 16.8 Å². The molecule has 88 valence electrons. The van der Waals surface area contributed by atoms with Crippen molar-refractivity contribution in [2.75, 3.05) is 13.1 Å². The number of carbonyl (C=O) groups excluding carboxylic acids is 1. The SMILES string of the molecule is CCN(Cc1ccccn1)CC(C)(C)C=O. The molecule has 0 aliphatic rings. The van der Waals surface area contributed by atoms with Crippen LogP contribution in [0.1, 0.15) is 26.5 Å². The van der Waals surface area contributed by atoms with E-state index in [1.807, 2.05) is 32.0 Å². The standard InChI is InChI=1S/C13H20N2O/c1-4-15(10-13(2,3)11-16)9-12-7-5-6-8-14-12/h5-8,11H,4,9-10H2,1-3H3. The summed E-state index contributed by atoms with van der Waals surface area (Å²) in [6.45, 7) is 8.51. The third-order valence-corrected chi connectivity index (χ3v) is 2.51. The number of rotatable bonds is 6. The second-order valence-electron chi connectivity index (χ2n) is 4.73. The van der Waals surface area contributed by atoms with E-state index < -0.39 is 0 Å². The van der Waals surface area contributed by atoms with E-state index in [4.69, 9.17) is 0 Å². The molecule has 0 saturated heterocycles. The summed E-state index contributed by atoms with van der Waals surface area (Å²) in [7, 11) is 0. The summed E-state index contributed by atoms with van der Waals surface area (Å²) in [5.74, 6) is 0. The Kier molecular flexibility index (Phi) is 4.62. The summed E-state index contributed by atoms with van der Waals surface area (Å²) in [4.78, 5) is 17.4. The van der Waals surface area contributed by atoms with Gasteiger partial charge in [-0.25, -0.2) is 0 Å². The van der Waals surface area contributed by atoms with Gasteiger partial charge in [-0.3, -0.25) is 9.88 Å². The Balaban J connectivity index is 2.59. The molecule has 1 aromatic heterocycles. The molecule has 0 amide bonds. The van der Waals surface area contributed by atoms with Gasteiger partial charge in [0.15, 0.2) is 0 Å². The maximum absolute atomic E-state index is 10.9. The van der Waals surface area contributed by atoms with Crippen molar-refractivity contribution >= 4 is 6.29 Å². The number of aldehydes is 1. The van der Waals surface area contributed by atoms with E-state index in [9.17, 15) is 4.79 Å². The van der Waals surface area contributed by atoms with Crippen molar-refractivity contribution in [3.05, 3.63) is 30.1 Å². The molecule has 0 saturated carbocycles. The Morgan fingerprint density at radius 3 is 2.69 bits per heavy atom. The molecule has 0 bridgehead atoms. The van der Waals surface area contributed by atoms with Gasteiger partial charge in [0.05, 0.1) is 5.69 Å². The highest BCUT2D eigenvalue weighted by Crippen LogP contribution is 2.14. The Bertz CT molecular complexity index is 322. The first kappa shape index (κ1) is 12.8. The zero-order chi connectivity index (χ0) is 12.0. The summed E-state index contributed by atoms with van der Waals surface area (Å²) < 4.78 is 0. The molecule has 0 spiro atoms. The van der Waals surface area contributed by atoms with Gasteiger partial charge < -0.3 is 4.79 Å². The van der Waals surface area contributed by atoms with Gasteiger partial charge in [-0.15, -0.1) is 0 Å². The average molecular weight is 220 g/mol. The summed E-state index contributed by atoms with van der Waals surface area (Å²) in [6.07, 6.45) is 2.82. The normalized spacial score (nSPS) is 11.8. The van der Waals surface area contributed by atoms with Crippen LogP contribution >= 0.6 is 0 Å². The van der Waals surface area contributed by atoms with Crippen LogP contribution < -0.4 is 0 Å². The minimum atomic E-state index is -0.287. The molecule has 0 unspecified atom stereocenters. The van der Waals surface area contributed by atoms with Crippen LogP contribution in [0.3, 0.4) is 0 Å². The number of hydrogen-bond donors (Lipinski definition) is 0. The smallest absolute Gasteiger partial charge is 0.126 e. The van der Waals surface area contributed by atoms with Crippen molar-refractivity contribution in [2.45, 2.75) is 27.3 Å². The van der Waals surface area contributed by atoms with Gasteiger partial charge in [0.25, 0.3) is 0 Å². The summed E-state index contributed by atoms with van der Waals surface area (Å²) in [6, 6.07) is 5.91. The monoisotopic (exact) mass is 220 g/mol. The molecule has 16 heavy (non-hydrogen) atoms. The third kappa shape index (κ3) is 4.11. The second kappa shape index (κ2) is 5.75. The number of hydrogen-bond acceptors (Lipinski definition) is 3. The largest absolute Gasteiger partial charge is 0.303 e. The van der Waals surface area contributed by atoms with E-state index in [1.54, 1.807) is 6.20 Å². The fourth-order valence-corrected chi connectivity index (χ4v) is 1.61. The predicted molar refractivity (Wildman–Crippen MR) is 65.0 cm³/mol. The summed E-state index contributed by atoms with van der Waals surface area (Å²) in [5.41, 5.74) is 0.760. The zero-order valence-electron chi connectivity index (χ0n) is 10.3. The highest BCUT2D eigenvalue weighted by Gasteiger charge is 2.20. The quantitative estimate of drug-likeness (QED) is 0.689. The average Bonchev–Trinajstić information content (AvgIpc) is 2.29. The van der Waals surface area contributed by atoms with Gasteiger partial charge in [-0.1, -0.05) is 26.8 Å². The number of aromatic nitrogens is 1. The molecular formula is C13H20N2O. The Labute approximate surface area is 97.5 Å². The van der Waals surface area contributed by atoms with E-state index in [0.717, 1.165) is 31.6 Å². The van der Waals surface area contributed by atoms with Crippen LogP contribution in [-0.4, -0.2) is 29.3 Å². The molecular weight excluding hydrogens is 200 g/mol. The van der Waals surface area contributed by atoms with Gasteiger partial charge in [0.2, 0.25) is 0 Å². The van der Waals surface area contributed by atoms with Gasteiger partial charge in [-0.2, -0.15) is 0 Å². The van der Waals surface area contributed by atoms with Crippen molar-refractivity contribution in [1.29, 1.82) is 0 Å². The summed E-state index contributed by atoms with van der Waals surface area (Å²) >= 11 is 0. The van der Waals surface area contributed by atoms with Gasteiger partial charge >= 0.3 is 0 Å². The fourth-order valence-electron chi connectivity index (χ4n) is 1.61. The first-order valence-electron chi connectivity index (χ1n) is 5.66. The molecule has 1 rings (SSSR count). The van der Waals surface area contributed by atoms with Crippen LogP contribution in [0.4, 0.5) is 0 Å². The maximum Gasteiger partial charge on any atom is 0.126 e. The number of nitrogens with zero attached hydrogens (tertiary/aromatic N) is 2. The van der Waals surface area contributed by atoms with Crippen molar-refractivity contribution in [3.63, 3.8) is 0 Å². The Morgan fingerprint density at radius 2 is 2.19 bits per heavy atom. The minimum Gasteiger partial charge on any atom is -0.303 e. The van der Waals surface area contributed by atoms with Crippen LogP contribution in [0, 0.1) is 5.41 Å². The van der Waals surface area contributed by atoms with Crippen molar-refractivity contribution in [1.82, 2.24) is 9.88 Å². The molecule has 0 radical (unpaired) electrons. The highest BCUT2D eigenvalue weighted by atomic mass is 16.1. The number of pyridine rings is 1. The molecule has 3 nitrogen and oxygen atoms in total. The third-order valence-electron chi connectivity index (χ3n) is 2.51. The lowest BCUT2D eigenvalue weighted by atomic mass is 9.95. The highest BCUT2D eigenvalue weighted by molar-refractivity contribution is 5.58. The lowest BCUT2D eigenvalue weighted by Gasteiger charge is -2.27. The lowest BCUT2D eigenvalue weighted by Crippen LogP contribution is -2.34. The van der Waals surface area contributed by atoms with E-state index >= 15 is 0 Å². The topological polar surface area (TPSA) is 33.2 Å². The van der Waals surface area contributed by atoms with Crippen LogP contribution in [0.5, 0.6) is 0 Å². The molecule has 1 aromatic rings.